The zero-order valence-electron chi connectivity index (χ0n) is 15.6. The quantitative estimate of drug-likeness (QED) is 0.470. The summed E-state index contributed by atoms with van der Waals surface area (Å²) in [6, 6.07) is 15.0. The fraction of sp³-hybridized carbons (Fsp3) is 0.0952. The highest BCUT2D eigenvalue weighted by Crippen LogP contribution is 2.36. The minimum atomic E-state index is -0.365. The summed E-state index contributed by atoms with van der Waals surface area (Å²) >= 11 is 6.53. The van der Waals surface area contributed by atoms with Crippen LogP contribution in [0.4, 0.5) is 10.1 Å². The molecule has 4 rings (SSSR count). The van der Waals surface area contributed by atoms with Gasteiger partial charge in [-0.3, -0.25) is 19.2 Å². The van der Waals surface area contributed by atoms with Crippen LogP contribution in [-0.2, 0) is 11.8 Å². The molecule has 0 spiro atoms. The van der Waals surface area contributed by atoms with Crippen LogP contribution in [0.15, 0.2) is 64.3 Å². The first kappa shape index (κ1) is 19.4. The smallest absolute Gasteiger partial charge is 0.283 e. The molecule has 1 saturated heterocycles. The average molecular weight is 426 g/mol. The molecule has 0 bridgehead atoms. The van der Waals surface area contributed by atoms with E-state index in [1.807, 2.05) is 30.3 Å². The van der Waals surface area contributed by atoms with E-state index in [-0.39, 0.29) is 27.3 Å². The summed E-state index contributed by atoms with van der Waals surface area (Å²) in [7, 11) is 1.76. The molecule has 2 heterocycles. The molecule has 1 aromatic heterocycles. The molecule has 2 aromatic carbocycles. The van der Waals surface area contributed by atoms with Gasteiger partial charge >= 0.3 is 0 Å². The number of nitrogens with zero attached hydrogens (tertiary/aromatic N) is 3. The Kier molecular flexibility index (Phi) is 4.97. The number of thioether (sulfide) groups is 1. The summed E-state index contributed by atoms with van der Waals surface area (Å²) in [5, 5.41) is 0. The van der Waals surface area contributed by atoms with Crippen LogP contribution in [0, 0.1) is 12.7 Å². The number of thiocarbonyl (C=S) groups is 1. The zero-order valence-corrected chi connectivity index (χ0v) is 17.3. The van der Waals surface area contributed by atoms with Crippen molar-refractivity contribution in [1.82, 2.24) is 9.36 Å². The van der Waals surface area contributed by atoms with Gasteiger partial charge < -0.3 is 0 Å². The second-order valence-electron chi connectivity index (χ2n) is 6.48. The van der Waals surface area contributed by atoms with Crippen molar-refractivity contribution in [2.24, 2.45) is 7.05 Å². The summed E-state index contributed by atoms with van der Waals surface area (Å²) in [5.74, 6) is -0.716. The lowest BCUT2D eigenvalue weighted by Gasteiger charge is -2.12. The molecule has 1 fully saturated rings. The van der Waals surface area contributed by atoms with Crippen LogP contribution in [0.25, 0.3) is 11.8 Å². The van der Waals surface area contributed by atoms with Gasteiger partial charge in [-0.15, -0.1) is 0 Å². The number of anilines is 1. The van der Waals surface area contributed by atoms with E-state index in [1.165, 1.54) is 21.7 Å². The molecule has 0 atom stereocenters. The molecule has 1 aliphatic heterocycles. The number of halogens is 1. The minimum absolute atomic E-state index is 0.237. The van der Waals surface area contributed by atoms with Crippen molar-refractivity contribution in [2.75, 3.05) is 4.90 Å². The van der Waals surface area contributed by atoms with Gasteiger partial charge in [0, 0.05) is 7.05 Å². The summed E-state index contributed by atoms with van der Waals surface area (Å²) < 4.78 is 16.6. The van der Waals surface area contributed by atoms with Gasteiger partial charge in [0.05, 0.1) is 16.3 Å². The van der Waals surface area contributed by atoms with Crippen LogP contribution < -0.4 is 10.5 Å². The summed E-state index contributed by atoms with van der Waals surface area (Å²) in [6.07, 6.45) is 1.65. The van der Waals surface area contributed by atoms with Gasteiger partial charge in [0.15, 0.2) is 4.32 Å². The summed E-state index contributed by atoms with van der Waals surface area (Å²) in [4.78, 5) is 27.9. The Bertz CT molecular complexity index is 1210. The largest absolute Gasteiger partial charge is 0.296 e. The molecule has 0 radical (unpaired) electrons. The first-order valence-corrected chi connectivity index (χ1v) is 9.98. The van der Waals surface area contributed by atoms with E-state index >= 15 is 0 Å². The highest BCUT2D eigenvalue weighted by molar-refractivity contribution is 8.27. The molecular formula is C21H16FN3O2S2. The Labute approximate surface area is 176 Å². The normalized spacial score (nSPS) is 15.6. The van der Waals surface area contributed by atoms with E-state index in [9.17, 15) is 14.0 Å². The summed E-state index contributed by atoms with van der Waals surface area (Å²) in [5.41, 5.74) is 1.91. The summed E-state index contributed by atoms with van der Waals surface area (Å²) in [6.45, 7) is 1.78. The third-order valence-electron chi connectivity index (χ3n) is 4.71. The Hall–Kier alpha value is -2.97. The number of rotatable bonds is 3. The fourth-order valence-electron chi connectivity index (χ4n) is 3.18. The molecule has 5 nitrogen and oxygen atoms in total. The highest BCUT2D eigenvalue weighted by atomic mass is 32.2. The molecular weight excluding hydrogens is 409 g/mol. The molecule has 0 aliphatic carbocycles. The molecule has 29 heavy (non-hydrogen) atoms. The Morgan fingerprint density at radius 3 is 2.34 bits per heavy atom. The van der Waals surface area contributed by atoms with Crippen molar-refractivity contribution < 1.29 is 9.18 Å². The molecule has 3 aromatic rings. The maximum Gasteiger partial charge on any atom is 0.296 e. The van der Waals surface area contributed by atoms with E-state index in [0.717, 1.165) is 11.8 Å². The van der Waals surface area contributed by atoms with Crippen molar-refractivity contribution in [3.63, 3.8) is 0 Å². The minimum Gasteiger partial charge on any atom is -0.283 e. The van der Waals surface area contributed by atoms with Crippen LogP contribution in [0.3, 0.4) is 0 Å². The van der Waals surface area contributed by atoms with Gasteiger partial charge in [-0.05, 0) is 42.8 Å². The first-order chi connectivity index (χ1) is 13.9. The van der Waals surface area contributed by atoms with E-state index in [2.05, 4.69) is 0 Å². The number of amides is 1. The van der Waals surface area contributed by atoms with Crippen molar-refractivity contribution >= 4 is 46.0 Å². The van der Waals surface area contributed by atoms with Crippen molar-refractivity contribution in [3.8, 4) is 5.69 Å². The predicted molar refractivity (Wildman–Crippen MR) is 118 cm³/mol. The van der Waals surface area contributed by atoms with Crippen LogP contribution in [0.5, 0.6) is 0 Å². The Morgan fingerprint density at radius 1 is 1.03 bits per heavy atom. The fourth-order valence-corrected chi connectivity index (χ4v) is 4.45. The number of benzene rings is 2. The lowest BCUT2D eigenvalue weighted by atomic mass is 10.2. The average Bonchev–Trinajstić information content (AvgIpc) is 3.10. The highest BCUT2D eigenvalue weighted by Gasteiger charge is 2.37. The van der Waals surface area contributed by atoms with Gasteiger partial charge in [0.25, 0.3) is 11.5 Å². The number of aromatic nitrogens is 2. The van der Waals surface area contributed by atoms with Crippen molar-refractivity contribution in [3.05, 3.63) is 86.9 Å². The molecule has 8 heteroatoms. The van der Waals surface area contributed by atoms with Crippen molar-refractivity contribution in [1.29, 1.82) is 0 Å². The van der Waals surface area contributed by atoms with Gasteiger partial charge in [-0.25, -0.2) is 9.07 Å². The maximum atomic E-state index is 13.2. The third kappa shape index (κ3) is 3.34. The predicted octanol–water partition coefficient (Wildman–Crippen LogP) is 4.03. The molecule has 146 valence electrons. The zero-order chi connectivity index (χ0) is 20.7. The molecule has 0 saturated carbocycles. The number of para-hydroxylation sites is 1. The number of carbonyl (C=O) groups excluding carboxylic acids is 1. The number of hydrogen-bond acceptors (Lipinski definition) is 4. The number of carbonyl (C=O) groups is 1. The monoisotopic (exact) mass is 425 g/mol. The van der Waals surface area contributed by atoms with Gasteiger partial charge in [-0.2, -0.15) is 0 Å². The van der Waals surface area contributed by atoms with Crippen LogP contribution >= 0.6 is 24.0 Å². The van der Waals surface area contributed by atoms with E-state index < -0.39 is 0 Å². The molecule has 0 unspecified atom stereocenters. The van der Waals surface area contributed by atoms with Gasteiger partial charge in [-0.1, -0.05) is 54.3 Å². The van der Waals surface area contributed by atoms with Crippen LogP contribution in [-0.4, -0.2) is 19.6 Å². The van der Waals surface area contributed by atoms with Gasteiger partial charge in [0.1, 0.15) is 11.5 Å². The SMILES string of the molecule is Cc1c(N2C(=O)/C(=C/c3ccc(F)cc3)SC2=S)c(=O)n(-c2ccccc2)n1C. The number of hydrogen-bond donors (Lipinski definition) is 0. The van der Waals surface area contributed by atoms with Crippen LogP contribution in [0.2, 0.25) is 0 Å². The van der Waals surface area contributed by atoms with E-state index in [4.69, 9.17) is 12.2 Å². The first-order valence-electron chi connectivity index (χ1n) is 8.76. The topological polar surface area (TPSA) is 47.2 Å². The van der Waals surface area contributed by atoms with Crippen molar-refractivity contribution in [2.45, 2.75) is 6.92 Å². The lowest BCUT2D eigenvalue weighted by Crippen LogP contribution is -2.33. The Morgan fingerprint density at radius 2 is 1.69 bits per heavy atom. The van der Waals surface area contributed by atoms with Crippen LogP contribution in [0.1, 0.15) is 11.3 Å². The molecule has 1 amide bonds. The van der Waals surface area contributed by atoms with E-state index in [0.29, 0.717) is 21.8 Å². The van der Waals surface area contributed by atoms with Gasteiger partial charge in [0.2, 0.25) is 0 Å². The Balaban J connectivity index is 1.78. The van der Waals surface area contributed by atoms with E-state index in [1.54, 1.807) is 36.9 Å². The second kappa shape index (κ2) is 7.46. The standard InChI is InChI=1S/C21H16FN3O2S2/c1-13-18(20(27)25(23(13)2)16-6-4-3-5-7-16)24-19(26)17(29-21(24)28)12-14-8-10-15(22)11-9-14/h3-12H,1-2H3/b17-12-. The second-order valence-corrected chi connectivity index (χ2v) is 8.15. The third-order valence-corrected chi connectivity index (χ3v) is 6.01. The maximum absolute atomic E-state index is 13.2. The lowest BCUT2D eigenvalue weighted by molar-refractivity contribution is -0.113. The molecule has 1 aliphatic rings. The molecule has 0 N–H and O–H groups in total.